The van der Waals surface area contributed by atoms with Crippen LogP contribution in [0.5, 0.6) is 5.75 Å². The fourth-order valence-electron chi connectivity index (χ4n) is 2.76. The lowest BCUT2D eigenvalue weighted by atomic mass is 10.2. The van der Waals surface area contributed by atoms with Crippen LogP contribution in [0.25, 0.3) is 21.1 Å². The quantitative estimate of drug-likeness (QED) is 0.538. The van der Waals surface area contributed by atoms with Crippen molar-refractivity contribution in [2.45, 2.75) is 12.9 Å². The SMILES string of the molecule is O=C(NCc1nc2cnc3ccccc3c2s1)c1ccccc1OC(F)(F)F. The molecule has 5 nitrogen and oxygen atoms in total. The molecule has 0 atom stereocenters. The van der Waals surface area contributed by atoms with E-state index in [0.29, 0.717) is 10.5 Å². The molecule has 0 unspecified atom stereocenters. The molecular weight excluding hydrogens is 391 g/mol. The summed E-state index contributed by atoms with van der Waals surface area (Å²) in [5.74, 6) is -1.23. The highest BCUT2D eigenvalue weighted by Gasteiger charge is 2.32. The van der Waals surface area contributed by atoms with Gasteiger partial charge in [0, 0.05) is 5.39 Å². The molecule has 0 aliphatic carbocycles. The minimum atomic E-state index is -4.88. The Morgan fingerprint density at radius 3 is 2.64 bits per heavy atom. The van der Waals surface area contributed by atoms with Crippen LogP contribution in [0.2, 0.25) is 0 Å². The number of pyridine rings is 1. The van der Waals surface area contributed by atoms with Gasteiger partial charge in [0.2, 0.25) is 0 Å². The summed E-state index contributed by atoms with van der Waals surface area (Å²) in [5, 5.41) is 4.17. The van der Waals surface area contributed by atoms with Gasteiger partial charge in [-0.3, -0.25) is 9.78 Å². The Hall–Kier alpha value is -3.20. The lowest BCUT2D eigenvalue weighted by molar-refractivity contribution is -0.274. The minimum absolute atomic E-state index is 0.0762. The molecule has 0 fully saturated rings. The van der Waals surface area contributed by atoms with Gasteiger partial charge in [0.1, 0.15) is 16.3 Å². The molecule has 0 saturated heterocycles. The molecular formula is C19H12F3N3O2S. The third-order valence-corrected chi connectivity index (χ3v) is 5.03. The van der Waals surface area contributed by atoms with Gasteiger partial charge in [0.25, 0.3) is 5.91 Å². The fourth-order valence-corrected chi connectivity index (χ4v) is 3.77. The van der Waals surface area contributed by atoms with Gasteiger partial charge in [-0.1, -0.05) is 30.3 Å². The molecule has 142 valence electrons. The Balaban J connectivity index is 1.55. The first-order valence-corrected chi connectivity index (χ1v) is 8.98. The number of nitrogens with zero attached hydrogens (tertiary/aromatic N) is 2. The molecule has 1 N–H and O–H groups in total. The number of nitrogens with one attached hydrogen (secondary N) is 1. The number of aromatic nitrogens is 2. The topological polar surface area (TPSA) is 64.1 Å². The summed E-state index contributed by atoms with van der Waals surface area (Å²) in [4.78, 5) is 21.1. The van der Waals surface area contributed by atoms with Crippen molar-refractivity contribution in [2.75, 3.05) is 0 Å². The van der Waals surface area contributed by atoms with Crippen LogP contribution in [0, 0.1) is 0 Å². The van der Waals surface area contributed by atoms with E-state index in [2.05, 4.69) is 20.0 Å². The zero-order chi connectivity index (χ0) is 19.7. The predicted molar refractivity (Wildman–Crippen MR) is 99.2 cm³/mol. The first-order valence-electron chi connectivity index (χ1n) is 8.17. The Morgan fingerprint density at radius 2 is 1.82 bits per heavy atom. The Morgan fingerprint density at radius 1 is 1.07 bits per heavy atom. The largest absolute Gasteiger partial charge is 0.573 e. The number of rotatable bonds is 4. The second-order valence-electron chi connectivity index (χ2n) is 5.82. The van der Waals surface area contributed by atoms with Crippen LogP contribution in [-0.4, -0.2) is 22.2 Å². The predicted octanol–water partition coefficient (Wildman–Crippen LogP) is 4.67. The Bertz CT molecular complexity index is 1170. The molecule has 0 aliphatic heterocycles. The van der Waals surface area contributed by atoms with Gasteiger partial charge in [-0.05, 0) is 18.2 Å². The highest BCUT2D eigenvalue weighted by molar-refractivity contribution is 7.19. The zero-order valence-corrected chi connectivity index (χ0v) is 15.0. The average Bonchev–Trinajstić information content (AvgIpc) is 3.09. The van der Waals surface area contributed by atoms with Crippen molar-refractivity contribution in [3.05, 3.63) is 65.3 Å². The summed E-state index contributed by atoms with van der Waals surface area (Å²) >= 11 is 1.40. The van der Waals surface area contributed by atoms with Crippen molar-refractivity contribution in [3.63, 3.8) is 0 Å². The molecule has 2 aromatic heterocycles. The van der Waals surface area contributed by atoms with Crippen LogP contribution in [-0.2, 0) is 6.54 Å². The smallest absolute Gasteiger partial charge is 0.405 e. The summed E-state index contributed by atoms with van der Waals surface area (Å²) in [6.45, 7) is 0.0762. The van der Waals surface area contributed by atoms with Crippen LogP contribution < -0.4 is 10.1 Å². The molecule has 0 spiro atoms. The molecule has 4 rings (SSSR count). The van der Waals surface area contributed by atoms with E-state index >= 15 is 0 Å². The number of benzene rings is 2. The first kappa shape index (κ1) is 18.2. The normalized spacial score (nSPS) is 11.7. The third kappa shape index (κ3) is 3.74. The van der Waals surface area contributed by atoms with Crippen molar-refractivity contribution in [1.82, 2.24) is 15.3 Å². The monoisotopic (exact) mass is 403 g/mol. The molecule has 28 heavy (non-hydrogen) atoms. The minimum Gasteiger partial charge on any atom is -0.405 e. The molecule has 0 saturated carbocycles. The number of hydrogen-bond donors (Lipinski definition) is 1. The van der Waals surface area contributed by atoms with E-state index < -0.39 is 18.0 Å². The maximum Gasteiger partial charge on any atom is 0.573 e. The van der Waals surface area contributed by atoms with Crippen molar-refractivity contribution in [1.29, 1.82) is 0 Å². The molecule has 9 heteroatoms. The van der Waals surface area contributed by atoms with Crippen molar-refractivity contribution in [3.8, 4) is 5.75 Å². The summed E-state index contributed by atoms with van der Waals surface area (Å²) in [5.41, 5.74) is 1.34. The molecule has 0 bridgehead atoms. The number of thiazole rings is 1. The van der Waals surface area contributed by atoms with E-state index in [-0.39, 0.29) is 12.1 Å². The maximum absolute atomic E-state index is 12.5. The van der Waals surface area contributed by atoms with Crippen LogP contribution in [0.3, 0.4) is 0 Å². The van der Waals surface area contributed by atoms with Gasteiger partial charge in [-0.2, -0.15) is 0 Å². The van der Waals surface area contributed by atoms with E-state index in [4.69, 9.17) is 0 Å². The van der Waals surface area contributed by atoms with Gasteiger partial charge < -0.3 is 10.1 Å². The summed E-state index contributed by atoms with van der Waals surface area (Å²) < 4.78 is 42.4. The van der Waals surface area contributed by atoms with Crippen molar-refractivity contribution in [2.24, 2.45) is 0 Å². The second-order valence-corrected chi connectivity index (χ2v) is 6.91. The van der Waals surface area contributed by atoms with Crippen molar-refractivity contribution >= 4 is 38.4 Å². The number of fused-ring (bicyclic) bond motifs is 3. The zero-order valence-electron chi connectivity index (χ0n) is 14.2. The number of carbonyl (C=O) groups is 1. The Labute approximate surface area is 160 Å². The lowest BCUT2D eigenvalue weighted by Gasteiger charge is -2.12. The standard InChI is InChI=1S/C19H12F3N3O2S/c20-19(21,22)27-15-8-4-2-6-12(15)18(26)24-10-16-25-14-9-23-13-7-3-1-5-11(13)17(14)28-16/h1-9H,10H2,(H,24,26). The third-order valence-electron chi connectivity index (χ3n) is 3.93. The van der Waals surface area contributed by atoms with Gasteiger partial charge in [0.05, 0.1) is 28.5 Å². The molecule has 0 aliphatic rings. The maximum atomic E-state index is 12.5. The highest BCUT2D eigenvalue weighted by Crippen LogP contribution is 2.29. The van der Waals surface area contributed by atoms with Crippen LogP contribution in [0.15, 0.2) is 54.7 Å². The van der Waals surface area contributed by atoms with E-state index in [9.17, 15) is 18.0 Å². The van der Waals surface area contributed by atoms with Gasteiger partial charge in [-0.15, -0.1) is 24.5 Å². The number of ether oxygens (including phenoxy) is 1. The van der Waals surface area contributed by atoms with Gasteiger partial charge >= 0.3 is 6.36 Å². The second kappa shape index (κ2) is 7.08. The van der Waals surface area contributed by atoms with Crippen molar-refractivity contribution < 1.29 is 22.7 Å². The number of hydrogen-bond acceptors (Lipinski definition) is 5. The van der Waals surface area contributed by atoms with E-state index in [0.717, 1.165) is 21.7 Å². The number of alkyl halides is 3. The van der Waals surface area contributed by atoms with E-state index in [1.54, 1.807) is 6.20 Å². The summed E-state index contributed by atoms with van der Waals surface area (Å²) in [6.07, 6.45) is -3.22. The lowest BCUT2D eigenvalue weighted by Crippen LogP contribution is -2.25. The van der Waals surface area contributed by atoms with Crippen LogP contribution in [0.1, 0.15) is 15.4 Å². The number of amides is 1. The van der Waals surface area contributed by atoms with Crippen LogP contribution >= 0.6 is 11.3 Å². The number of carbonyl (C=O) groups excluding carboxylic acids is 1. The van der Waals surface area contributed by atoms with E-state index in [1.165, 1.54) is 29.5 Å². The number of para-hydroxylation sites is 2. The fraction of sp³-hybridized carbons (Fsp3) is 0.105. The summed E-state index contributed by atoms with van der Waals surface area (Å²) in [7, 11) is 0. The van der Waals surface area contributed by atoms with Gasteiger partial charge in [-0.25, -0.2) is 4.98 Å². The number of halogens is 3. The molecule has 2 aromatic carbocycles. The highest BCUT2D eigenvalue weighted by atomic mass is 32.1. The van der Waals surface area contributed by atoms with Crippen LogP contribution in [0.4, 0.5) is 13.2 Å². The molecule has 1 amide bonds. The molecule has 4 aromatic rings. The average molecular weight is 403 g/mol. The molecule has 2 heterocycles. The Kier molecular flexibility index (Phi) is 4.60. The van der Waals surface area contributed by atoms with Gasteiger partial charge in [0.15, 0.2) is 0 Å². The summed E-state index contributed by atoms with van der Waals surface area (Å²) in [6, 6.07) is 12.8. The first-order chi connectivity index (χ1) is 13.4. The molecule has 0 radical (unpaired) electrons. The van der Waals surface area contributed by atoms with E-state index in [1.807, 2.05) is 24.3 Å².